The molecule has 7 heavy (non-hydrogen) atoms. The number of nitrogens with one attached hydrogen (secondary N) is 1. The molecule has 0 aliphatic carbocycles. The second-order valence-electron chi connectivity index (χ2n) is 1.06. The number of rotatable bonds is 0. The van der Waals surface area contributed by atoms with E-state index in [0.29, 0.717) is 13.2 Å². The van der Waals surface area contributed by atoms with Crippen LogP contribution in [0.5, 0.6) is 0 Å². The van der Waals surface area contributed by atoms with Gasteiger partial charge in [-0.2, -0.15) is 0 Å². The van der Waals surface area contributed by atoms with Gasteiger partial charge in [0.25, 0.3) is 0 Å². The maximum atomic E-state index is 9.91. The van der Waals surface area contributed by atoms with Gasteiger partial charge in [0.05, 0.1) is 6.54 Å². The summed E-state index contributed by atoms with van der Waals surface area (Å²) in [5.41, 5.74) is 0. The Morgan fingerprint density at radius 2 is 2.43 bits per heavy atom. The SMILES string of the molecule is Cl.O=C1NCCO1. The van der Waals surface area contributed by atoms with E-state index >= 15 is 0 Å². The van der Waals surface area contributed by atoms with E-state index < -0.39 is 0 Å². The summed E-state index contributed by atoms with van der Waals surface area (Å²) in [5, 5.41) is 2.46. The lowest BCUT2D eigenvalue weighted by Gasteiger charge is -1.80. The molecule has 0 atom stereocenters. The summed E-state index contributed by atoms with van der Waals surface area (Å²) in [4.78, 5) is 9.91. The number of alkyl carbamates (subject to hydrolysis) is 1. The highest BCUT2D eigenvalue weighted by Crippen LogP contribution is 1.82. The molecule has 0 saturated carbocycles. The Morgan fingerprint density at radius 1 is 1.71 bits per heavy atom. The second kappa shape index (κ2) is 2.69. The summed E-state index contributed by atoms with van der Waals surface area (Å²) < 4.78 is 4.40. The van der Waals surface area contributed by atoms with Crippen molar-refractivity contribution in [2.24, 2.45) is 0 Å². The van der Waals surface area contributed by atoms with Gasteiger partial charge in [0.1, 0.15) is 6.61 Å². The molecule has 0 unspecified atom stereocenters. The minimum absolute atomic E-state index is 0. The zero-order valence-electron chi connectivity index (χ0n) is 3.64. The van der Waals surface area contributed by atoms with E-state index in [0.717, 1.165) is 0 Å². The Labute approximate surface area is 47.4 Å². The summed E-state index contributed by atoms with van der Waals surface area (Å²) in [5.74, 6) is 0. The first kappa shape index (κ1) is 6.56. The molecule has 0 aromatic heterocycles. The Morgan fingerprint density at radius 3 is 2.57 bits per heavy atom. The van der Waals surface area contributed by atoms with Crippen molar-refractivity contribution in [1.82, 2.24) is 5.32 Å². The highest BCUT2D eigenvalue weighted by molar-refractivity contribution is 5.85. The van der Waals surface area contributed by atoms with E-state index in [1.807, 2.05) is 0 Å². The van der Waals surface area contributed by atoms with Crippen molar-refractivity contribution in [2.75, 3.05) is 13.2 Å². The van der Waals surface area contributed by atoms with Crippen molar-refractivity contribution < 1.29 is 9.53 Å². The first-order valence-electron chi connectivity index (χ1n) is 1.80. The lowest BCUT2D eigenvalue weighted by atomic mass is 10.7. The lowest BCUT2D eigenvalue weighted by molar-refractivity contribution is 0.178. The summed E-state index contributed by atoms with van der Waals surface area (Å²) in [6.07, 6.45) is -0.296. The zero-order valence-corrected chi connectivity index (χ0v) is 4.46. The number of cyclic esters (lactones) is 1. The fourth-order valence-electron chi connectivity index (χ4n) is 0.348. The third-order valence-corrected chi connectivity index (χ3v) is 0.605. The molecule has 0 radical (unpaired) electrons. The monoisotopic (exact) mass is 123 g/mol. The van der Waals surface area contributed by atoms with Crippen LogP contribution in [-0.4, -0.2) is 19.2 Å². The number of ether oxygens (including phenoxy) is 1. The van der Waals surface area contributed by atoms with Crippen LogP contribution in [0, 0.1) is 0 Å². The van der Waals surface area contributed by atoms with Crippen LogP contribution >= 0.6 is 12.4 Å². The highest BCUT2D eigenvalue weighted by Gasteiger charge is 2.06. The molecule has 1 saturated heterocycles. The molecule has 42 valence electrons. The van der Waals surface area contributed by atoms with Gasteiger partial charge in [0.15, 0.2) is 0 Å². The topological polar surface area (TPSA) is 38.3 Å². The van der Waals surface area contributed by atoms with Crippen LogP contribution in [0.2, 0.25) is 0 Å². The van der Waals surface area contributed by atoms with Gasteiger partial charge in [-0.05, 0) is 0 Å². The predicted octanol–water partition coefficient (Wildman–Crippen LogP) is 0.148. The van der Waals surface area contributed by atoms with Crippen LogP contribution in [-0.2, 0) is 4.74 Å². The molecule has 1 heterocycles. The molecular formula is C3H6ClNO2. The maximum absolute atomic E-state index is 9.91. The lowest BCUT2D eigenvalue weighted by Crippen LogP contribution is -2.11. The minimum atomic E-state index is -0.296. The van der Waals surface area contributed by atoms with Crippen molar-refractivity contribution in [2.45, 2.75) is 0 Å². The number of carbonyl (C=O) groups is 1. The van der Waals surface area contributed by atoms with E-state index in [2.05, 4.69) is 10.1 Å². The molecule has 0 aromatic rings. The quantitative estimate of drug-likeness (QED) is 0.498. The third kappa shape index (κ3) is 1.64. The molecule has 0 bridgehead atoms. The Kier molecular flexibility index (Phi) is 2.52. The van der Waals surface area contributed by atoms with Gasteiger partial charge in [-0.25, -0.2) is 4.79 Å². The van der Waals surface area contributed by atoms with Gasteiger partial charge < -0.3 is 10.1 Å². The van der Waals surface area contributed by atoms with E-state index in [4.69, 9.17) is 0 Å². The number of halogens is 1. The fraction of sp³-hybridized carbons (Fsp3) is 0.667. The summed E-state index contributed by atoms with van der Waals surface area (Å²) in [6, 6.07) is 0. The van der Waals surface area contributed by atoms with Crippen molar-refractivity contribution in [3.05, 3.63) is 0 Å². The molecule has 1 aliphatic rings. The molecule has 1 amide bonds. The standard InChI is InChI=1S/C3H5NO2.ClH/c5-3-4-1-2-6-3;/h1-2H2,(H,4,5);1H. The zero-order chi connectivity index (χ0) is 4.41. The second-order valence-corrected chi connectivity index (χ2v) is 1.06. The largest absolute Gasteiger partial charge is 0.448 e. The van der Waals surface area contributed by atoms with Gasteiger partial charge in [-0.3, -0.25) is 0 Å². The Hall–Kier alpha value is -0.440. The molecule has 1 N–H and O–H groups in total. The Bertz CT molecular complexity index is 67.3. The molecule has 1 fully saturated rings. The van der Waals surface area contributed by atoms with Gasteiger partial charge in [-0.1, -0.05) is 0 Å². The van der Waals surface area contributed by atoms with Crippen molar-refractivity contribution in [3.63, 3.8) is 0 Å². The first-order chi connectivity index (χ1) is 2.89. The average Bonchev–Trinajstić information content (AvgIpc) is 1.86. The number of carbonyl (C=O) groups excluding carboxylic acids is 1. The molecule has 0 spiro atoms. The van der Waals surface area contributed by atoms with Crippen molar-refractivity contribution >= 4 is 18.5 Å². The molecule has 4 heteroatoms. The van der Waals surface area contributed by atoms with Crippen LogP contribution in [0.3, 0.4) is 0 Å². The number of hydrogen-bond acceptors (Lipinski definition) is 2. The van der Waals surface area contributed by atoms with Gasteiger partial charge in [-0.15, -0.1) is 12.4 Å². The van der Waals surface area contributed by atoms with Gasteiger partial charge in [0.2, 0.25) is 0 Å². The van der Waals surface area contributed by atoms with Gasteiger partial charge in [0, 0.05) is 0 Å². The van der Waals surface area contributed by atoms with E-state index in [1.165, 1.54) is 0 Å². The highest BCUT2D eigenvalue weighted by atomic mass is 35.5. The van der Waals surface area contributed by atoms with E-state index in [9.17, 15) is 4.79 Å². The molecule has 1 rings (SSSR count). The third-order valence-electron chi connectivity index (χ3n) is 0.605. The minimum Gasteiger partial charge on any atom is -0.448 e. The summed E-state index contributed by atoms with van der Waals surface area (Å²) in [6.45, 7) is 1.19. The molecule has 1 aliphatic heterocycles. The Balaban J connectivity index is 0.000000360. The summed E-state index contributed by atoms with van der Waals surface area (Å²) in [7, 11) is 0. The van der Waals surface area contributed by atoms with Crippen LogP contribution in [0.4, 0.5) is 4.79 Å². The number of amides is 1. The smallest absolute Gasteiger partial charge is 0.407 e. The average molecular weight is 124 g/mol. The van der Waals surface area contributed by atoms with E-state index in [-0.39, 0.29) is 18.5 Å². The molecular weight excluding hydrogens is 117 g/mol. The maximum Gasteiger partial charge on any atom is 0.407 e. The van der Waals surface area contributed by atoms with Crippen LogP contribution in [0.15, 0.2) is 0 Å². The van der Waals surface area contributed by atoms with Crippen LogP contribution in [0.25, 0.3) is 0 Å². The molecule has 0 aromatic carbocycles. The number of hydrogen-bond donors (Lipinski definition) is 1. The van der Waals surface area contributed by atoms with E-state index in [1.54, 1.807) is 0 Å². The predicted molar refractivity (Wildman–Crippen MR) is 26.6 cm³/mol. The summed E-state index contributed by atoms with van der Waals surface area (Å²) >= 11 is 0. The van der Waals surface area contributed by atoms with Crippen molar-refractivity contribution in [3.8, 4) is 0 Å². The normalized spacial score (nSPS) is 16.9. The van der Waals surface area contributed by atoms with Gasteiger partial charge >= 0.3 is 6.09 Å². The fourth-order valence-corrected chi connectivity index (χ4v) is 0.348. The molecule has 3 nitrogen and oxygen atoms in total. The first-order valence-corrected chi connectivity index (χ1v) is 1.80. The van der Waals surface area contributed by atoms with Crippen molar-refractivity contribution in [1.29, 1.82) is 0 Å². The van der Waals surface area contributed by atoms with Crippen LogP contribution in [0.1, 0.15) is 0 Å². The van der Waals surface area contributed by atoms with Crippen LogP contribution < -0.4 is 5.32 Å².